The van der Waals surface area contributed by atoms with Crippen molar-refractivity contribution in [3.05, 3.63) is 83.2 Å². The summed E-state index contributed by atoms with van der Waals surface area (Å²) in [5, 5.41) is 2.78. The summed E-state index contributed by atoms with van der Waals surface area (Å²) < 4.78 is 19.0. The molecule has 1 amide bonds. The average Bonchev–Trinajstić information content (AvgIpc) is 2.99. The van der Waals surface area contributed by atoms with Crippen molar-refractivity contribution < 1.29 is 13.9 Å². The summed E-state index contributed by atoms with van der Waals surface area (Å²) in [7, 11) is 1.46. The molecule has 0 fully saturated rings. The molecule has 1 aliphatic carbocycles. The van der Waals surface area contributed by atoms with Crippen LogP contribution in [0.25, 0.3) is 11.1 Å². The Hall–Kier alpha value is -3.14. The first-order valence-corrected chi connectivity index (χ1v) is 8.02. The maximum absolute atomic E-state index is 14.1. The Morgan fingerprint density at radius 3 is 2.60 bits per heavy atom. The molecule has 0 heterocycles. The van der Waals surface area contributed by atoms with E-state index in [1.807, 2.05) is 30.3 Å². The lowest BCUT2D eigenvalue weighted by Gasteiger charge is -2.09. The summed E-state index contributed by atoms with van der Waals surface area (Å²) in [4.78, 5) is 12.4. The molecule has 0 saturated heterocycles. The van der Waals surface area contributed by atoms with Crippen LogP contribution in [-0.2, 0) is 6.42 Å². The zero-order valence-electron chi connectivity index (χ0n) is 13.7. The molecule has 0 unspecified atom stereocenters. The summed E-state index contributed by atoms with van der Waals surface area (Å²) in [6.45, 7) is 0. The molecule has 1 N–H and O–H groups in total. The van der Waals surface area contributed by atoms with E-state index in [0.29, 0.717) is 11.4 Å². The number of nitrogens with one attached hydrogen (secondary N) is 1. The Kier molecular flexibility index (Phi) is 3.73. The fraction of sp³-hybridized carbons (Fsp3) is 0.0952. The molecule has 3 aromatic carbocycles. The van der Waals surface area contributed by atoms with E-state index in [9.17, 15) is 9.18 Å². The summed E-state index contributed by atoms with van der Waals surface area (Å²) >= 11 is 0. The number of hydrogen-bond acceptors (Lipinski definition) is 2. The number of carbonyl (C=O) groups excluding carboxylic acids is 1. The lowest BCUT2D eigenvalue weighted by molar-refractivity contribution is 0.102. The van der Waals surface area contributed by atoms with Gasteiger partial charge in [-0.25, -0.2) is 4.39 Å². The van der Waals surface area contributed by atoms with Crippen molar-refractivity contribution in [1.29, 1.82) is 0 Å². The lowest BCUT2D eigenvalue weighted by atomic mass is 10.1. The van der Waals surface area contributed by atoms with E-state index in [1.54, 1.807) is 6.07 Å². The normalized spacial score (nSPS) is 11.6. The molecular formula is C21H16FNO2. The van der Waals surface area contributed by atoms with Crippen molar-refractivity contribution in [2.24, 2.45) is 0 Å². The van der Waals surface area contributed by atoms with Gasteiger partial charge in [0, 0.05) is 11.8 Å². The number of ether oxygens (including phenoxy) is 1. The maximum Gasteiger partial charge on any atom is 0.258 e. The van der Waals surface area contributed by atoms with Crippen LogP contribution in [0.4, 0.5) is 10.1 Å². The molecule has 0 spiro atoms. The van der Waals surface area contributed by atoms with E-state index in [2.05, 4.69) is 17.4 Å². The zero-order chi connectivity index (χ0) is 17.4. The van der Waals surface area contributed by atoms with Crippen LogP contribution in [0.2, 0.25) is 0 Å². The Morgan fingerprint density at radius 1 is 1.00 bits per heavy atom. The van der Waals surface area contributed by atoms with Crippen molar-refractivity contribution in [2.45, 2.75) is 6.42 Å². The standard InChI is InChI=1S/C21H16FNO2/c1-25-16-8-9-18(20(22)12-16)21(24)23-15-7-6-14-10-13-4-2-3-5-17(13)19(14)11-15/h2-9,11-12H,10H2,1H3,(H,23,24). The molecule has 0 saturated carbocycles. The van der Waals surface area contributed by atoms with Gasteiger partial charge in [0.1, 0.15) is 11.6 Å². The average molecular weight is 333 g/mol. The molecule has 3 nitrogen and oxygen atoms in total. The van der Waals surface area contributed by atoms with E-state index >= 15 is 0 Å². The van der Waals surface area contributed by atoms with Crippen LogP contribution in [0.1, 0.15) is 21.5 Å². The molecule has 0 atom stereocenters. The first-order valence-electron chi connectivity index (χ1n) is 8.02. The minimum absolute atomic E-state index is 0.0123. The van der Waals surface area contributed by atoms with Crippen LogP contribution < -0.4 is 10.1 Å². The summed E-state index contributed by atoms with van der Waals surface area (Å²) in [6, 6.07) is 18.2. The van der Waals surface area contributed by atoms with Crippen LogP contribution >= 0.6 is 0 Å². The monoisotopic (exact) mass is 333 g/mol. The van der Waals surface area contributed by atoms with Crippen molar-refractivity contribution in [3.63, 3.8) is 0 Å². The minimum Gasteiger partial charge on any atom is -0.497 e. The number of rotatable bonds is 3. The van der Waals surface area contributed by atoms with Gasteiger partial charge in [-0.05, 0) is 52.9 Å². The number of fused-ring (bicyclic) bond motifs is 3. The van der Waals surface area contributed by atoms with Crippen LogP contribution in [0.3, 0.4) is 0 Å². The van der Waals surface area contributed by atoms with Gasteiger partial charge in [0.05, 0.1) is 12.7 Å². The van der Waals surface area contributed by atoms with Gasteiger partial charge < -0.3 is 10.1 Å². The van der Waals surface area contributed by atoms with Crippen molar-refractivity contribution in [2.75, 3.05) is 12.4 Å². The number of benzene rings is 3. The van der Waals surface area contributed by atoms with E-state index in [1.165, 1.54) is 35.9 Å². The van der Waals surface area contributed by atoms with Gasteiger partial charge in [-0.1, -0.05) is 30.3 Å². The maximum atomic E-state index is 14.1. The minimum atomic E-state index is -0.608. The highest BCUT2D eigenvalue weighted by Crippen LogP contribution is 2.37. The SMILES string of the molecule is COc1ccc(C(=O)Nc2ccc3c(c2)-c2ccccc2C3)c(F)c1. The number of amides is 1. The topological polar surface area (TPSA) is 38.3 Å². The van der Waals surface area contributed by atoms with Gasteiger partial charge >= 0.3 is 0 Å². The molecular weight excluding hydrogens is 317 g/mol. The van der Waals surface area contributed by atoms with Gasteiger partial charge in [0.2, 0.25) is 0 Å². The fourth-order valence-corrected chi connectivity index (χ4v) is 3.21. The van der Waals surface area contributed by atoms with Gasteiger partial charge in [0.25, 0.3) is 5.91 Å². The van der Waals surface area contributed by atoms with Crippen molar-refractivity contribution in [1.82, 2.24) is 0 Å². The van der Waals surface area contributed by atoms with Gasteiger partial charge in [-0.2, -0.15) is 0 Å². The molecule has 0 aliphatic heterocycles. The Morgan fingerprint density at radius 2 is 1.80 bits per heavy atom. The predicted octanol–water partition coefficient (Wildman–Crippen LogP) is 4.66. The number of methoxy groups -OCH3 is 1. The first-order chi connectivity index (χ1) is 12.2. The molecule has 25 heavy (non-hydrogen) atoms. The highest BCUT2D eigenvalue weighted by Gasteiger charge is 2.19. The Balaban J connectivity index is 1.62. The third-order valence-electron chi connectivity index (χ3n) is 4.48. The Bertz CT molecular complexity index is 981. The van der Waals surface area contributed by atoms with Gasteiger partial charge in [0.15, 0.2) is 0 Å². The second kappa shape index (κ2) is 6.06. The molecule has 1 aliphatic rings. The van der Waals surface area contributed by atoms with Crippen LogP contribution in [0.15, 0.2) is 60.7 Å². The molecule has 0 bridgehead atoms. The lowest BCUT2D eigenvalue weighted by Crippen LogP contribution is -2.13. The van der Waals surface area contributed by atoms with Gasteiger partial charge in [-0.3, -0.25) is 4.79 Å². The summed E-state index contributed by atoms with van der Waals surface area (Å²) in [5.74, 6) is -0.710. The molecule has 3 aromatic rings. The van der Waals surface area contributed by atoms with E-state index in [-0.39, 0.29) is 5.56 Å². The highest BCUT2D eigenvalue weighted by atomic mass is 19.1. The van der Waals surface area contributed by atoms with Crippen LogP contribution in [0.5, 0.6) is 5.75 Å². The van der Waals surface area contributed by atoms with Crippen LogP contribution in [-0.4, -0.2) is 13.0 Å². The smallest absolute Gasteiger partial charge is 0.258 e. The Labute approximate surface area is 145 Å². The van der Waals surface area contributed by atoms with E-state index in [4.69, 9.17) is 4.74 Å². The predicted molar refractivity (Wildman–Crippen MR) is 95.6 cm³/mol. The third kappa shape index (κ3) is 2.76. The largest absolute Gasteiger partial charge is 0.497 e. The van der Waals surface area contributed by atoms with Crippen molar-refractivity contribution in [3.8, 4) is 16.9 Å². The number of halogens is 1. The molecule has 0 aromatic heterocycles. The van der Waals surface area contributed by atoms with Crippen molar-refractivity contribution >= 4 is 11.6 Å². The highest BCUT2D eigenvalue weighted by molar-refractivity contribution is 6.05. The molecule has 124 valence electrons. The third-order valence-corrected chi connectivity index (χ3v) is 4.48. The number of anilines is 1. The number of hydrogen-bond donors (Lipinski definition) is 1. The second-order valence-corrected chi connectivity index (χ2v) is 6.01. The second-order valence-electron chi connectivity index (χ2n) is 6.01. The molecule has 0 radical (unpaired) electrons. The summed E-state index contributed by atoms with van der Waals surface area (Å²) in [6.07, 6.45) is 0.896. The molecule has 4 rings (SSSR count). The fourth-order valence-electron chi connectivity index (χ4n) is 3.21. The zero-order valence-corrected chi connectivity index (χ0v) is 13.7. The van der Waals surface area contributed by atoms with Crippen LogP contribution in [0, 0.1) is 5.82 Å². The first kappa shape index (κ1) is 15.4. The van der Waals surface area contributed by atoms with Gasteiger partial charge in [-0.15, -0.1) is 0 Å². The quantitative estimate of drug-likeness (QED) is 0.592. The van der Waals surface area contributed by atoms with E-state index in [0.717, 1.165) is 12.0 Å². The van der Waals surface area contributed by atoms with E-state index < -0.39 is 11.7 Å². The molecule has 4 heteroatoms. The summed E-state index contributed by atoms with van der Waals surface area (Å²) in [5.41, 5.74) is 5.45. The number of carbonyl (C=O) groups is 1.